The Balaban J connectivity index is 0.000000241. The molecule has 4 N–H and O–H groups in total. The van der Waals surface area contributed by atoms with E-state index in [0.717, 1.165) is 58.2 Å². The van der Waals surface area contributed by atoms with Crippen LogP contribution >= 0.6 is 0 Å². The van der Waals surface area contributed by atoms with Crippen molar-refractivity contribution >= 4 is 35.2 Å². The van der Waals surface area contributed by atoms with Gasteiger partial charge < -0.3 is 34.5 Å². The fourth-order valence-electron chi connectivity index (χ4n) is 5.46. The summed E-state index contributed by atoms with van der Waals surface area (Å²) in [5.41, 5.74) is 3.75. The van der Waals surface area contributed by atoms with Crippen molar-refractivity contribution in [3.8, 4) is 11.5 Å². The minimum Gasteiger partial charge on any atom is -0.497 e. The van der Waals surface area contributed by atoms with Gasteiger partial charge in [0.15, 0.2) is 12.4 Å². The number of morpholine rings is 1. The molecule has 2 aromatic rings. The molecule has 2 aliphatic heterocycles. The van der Waals surface area contributed by atoms with E-state index in [1.807, 2.05) is 38.3 Å². The van der Waals surface area contributed by atoms with Gasteiger partial charge in [-0.15, -0.1) is 0 Å². The number of ether oxygens (including phenoxy) is 4. The van der Waals surface area contributed by atoms with Gasteiger partial charge in [0.25, 0.3) is 5.91 Å². The molecule has 0 unspecified atom stereocenters. The van der Waals surface area contributed by atoms with E-state index in [0.29, 0.717) is 38.6 Å². The molecule has 1 aromatic carbocycles. The van der Waals surface area contributed by atoms with Crippen LogP contribution in [0.15, 0.2) is 46.9 Å². The number of esters is 1. The number of amides is 1. The number of allylic oxidation sites excluding steroid dienone is 2. The lowest BCUT2D eigenvalue weighted by Gasteiger charge is -2.29. The molecule has 252 valence electrons. The Morgan fingerprint density at radius 1 is 1.26 bits per heavy atom. The van der Waals surface area contributed by atoms with E-state index in [1.165, 1.54) is 32.1 Å². The third kappa shape index (κ3) is 10.7. The summed E-state index contributed by atoms with van der Waals surface area (Å²) >= 11 is 0. The number of carbonyl (C=O) groups is 2. The van der Waals surface area contributed by atoms with Crippen molar-refractivity contribution < 1.29 is 39.1 Å². The van der Waals surface area contributed by atoms with Crippen molar-refractivity contribution in [3.05, 3.63) is 47.5 Å². The number of fused-ring (bicyclic) bond motifs is 3. The van der Waals surface area contributed by atoms with Crippen LogP contribution in [-0.4, -0.2) is 93.7 Å². The number of pyridine rings is 1. The summed E-state index contributed by atoms with van der Waals surface area (Å²) in [4.78, 5) is 33.4. The van der Waals surface area contributed by atoms with E-state index in [4.69, 9.17) is 29.5 Å². The maximum Gasteiger partial charge on any atom is 0.306 e. The molecule has 46 heavy (non-hydrogen) atoms. The first-order valence-electron chi connectivity index (χ1n) is 15.6. The number of methoxy groups -OCH3 is 1. The summed E-state index contributed by atoms with van der Waals surface area (Å²) in [5, 5.41) is 19.2. The Hall–Kier alpha value is -4.20. The van der Waals surface area contributed by atoms with Crippen LogP contribution in [0.5, 0.6) is 11.5 Å². The number of hydrogen-bond donors (Lipinski definition) is 4. The Morgan fingerprint density at radius 3 is 2.72 bits per heavy atom. The van der Waals surface area contributed by atoms with Gasteiger partial charge in [-0.25, -0.2) is 0 Å². The van der Waals surface area contributed by atoms with Gasteiger partial charge in [0, 0.05) is 31.4 Å². The predicted octanol–water partition coefficient (Wildman–Crippen LogP) is 4.11. The van der Waals surface area contributed by atoms with Crippen LogP contribution in [0.2, 0.25) is 0 Å². The highest BCUT2D eigenvalue weighted by Crippen LogP contribution is 2.39. The van der Waals surface area contributed by atoms with Crippen molar-refractivity contribution in [2.45, 2.75) is 57.9 Å². The van der Waals surface area contributed by atoms with Crippen molar-refractivity contribution in [2.24, 2.45) is 4.99 Å². The SMILES string of the molecule is C=N/C(=C\C=C1/CNC(=O)CO1)CNC1CCCCC1.CCOC(=O)CCc1cc(OC)cc2c3c(cnc12)OCCN3C.OO. The Kier molecular flexibility index (Phi) is 15.3. The first-order chi connectivity index (χ1) is 22.4. The molecule has 3 aliphatic rings. The zero-order valence-electron chi connectivity index (χ0n) is 27.0. The van der Waals surface area contributed by atoms with Crippen LogP contribution in [0.1, 0.15) is 51.0 Å². The molecule has 3 heterocycles. The fraction of sp³-hybridized carbons (Fsp3) is 0.515. The van der Waals surface area contributed by atoms with E-state index in [-0.39, 0.29) is 18.5 Å². The van der Waals surface area contributed by atoms with Gasteiger partial charge in [0.1, 0.15) is 18.1 Å². The van der Waals surface area contributed by atoms with Crippen molar-refractivity contribution in [3.63, 3.8) is 0 Å². The number of rotatable bonds is 10. The number of hydrogen-bond acceptors (Lipinski definition) is 12. The quantitative estimate of drug-likeness (QED) is 0.128. The van der Waals surface area contributed by atoms with E-state index in [9.17, 15) is 9.59 Å². The molecule has 0 atom stereocenters. The highest BCUT2D eigenvalue weighted by molar-refractivity contribution is 5.97. The van der Waals surface area contributed by atoms with Crippen LogP contribution in [-0.2, 0) is 25.5 Å². The largest absolute Gasteiger partial charge is 0.497 e. The molecular weight excluding hydrogens is 594 g/mol. The number of aryl methyl sites for hydroxylation is 1. The highest BCUT2D eigenvalue weighted by atomic mass is 17.0. The molecule has 2 fully saturated rings. The molecular formula is C33H47N5O8. The van der Waals surface area contributed by atoms with Gasteiger partial charge in [-0.3, -0.25) is 30.1 Å². The number of aromatic nitrogens is 1. The number of carbonyl (C=O) groups excluding carboxylic acids is 2. The summed E-state index contributed by atoms with van der Waals surface area (Å²) in [6.45, 7) is 8.54. The first kappa shape index (κ1) is 36.3. The fourth-order valence-corrected chi connectivity index (χ4v) is 5.46. The van der Waals surface area contributed by atoms with Gasteiger partial charge in [0.2, 0.25) is 0 Å². The van der Waals surface area contributed by atoms with Gasteiger partial charge >= 0.3 is 5.97 Å². The molecule has 0 bridgehead atoms. The Labute approximate surface area is 270 Å². The van der Waals surface area contributed by atoms with Gasteiger partial charge in [-0.05, 0) is 62.8 Å². The summed E-state index contributed by atoms with van der Waals surface area (Å²) in [7, 11) is 3.68. The van der Waals surface area contributed by atoms with Crippen LogP contribution in [0.25, 0.3) is 10.9 Å². The third-order valence-electron chi connectivity index (χ3n) is 7.86. The molecule has 1 saturated carbocycles. The molecule has 1 saturated heterocycles. The molecule has 13 nitrogen and oxygen atoms in total. The van der Waals surface area contributed by atoms with Crippen LogP contribution in [0.4, 0.5) is 5.69 Å². The number of benzene rings is 1. The zero-order valence-corrected chi connectivity index (χ0v) is 27.0. The third-order valence-corrected chi connectivity index (χ3v) is 7.86. The molecule has 1 amide bonds. The second kappa shape index (κ2) is 19.3. The predicted molar refractivity (Wildman–Crippen MR) is 177 cm³/mol. The first-order valence-corrected chi connectivity index (χ1v) is 15.6. The monoisotopic (exact) mass is 641 g/mol. The lowest BCUT2D eigenvalue weighted by atomic mass is 9.95. The summed E-state index contributed by atoms with van der Waals surface area (Å²) < 4.78 is 21.5. The number of anilines is 1. The second-order valence-electron chi connectivity index (χ2n) is 11.0. The Morgan fingerprint density at radius 2 is 2.04 bits per heavy atom. The van der Waals surface area contributed by atoms with Crippen molar-refractivity contribution in [1.29, 1.82) is 0 Å². The van der Waals surface area contributed by atoms with E-state index in [2.05, 4.69) is 32.2 Å². The average molecular weight is 642 g/mol. The summed E-state index contributed by atoms with van der Waals surface area (Å²) in [5.74, 6) is 2.00. The lowest BCUT2D eigenvalue weighted by molar-refractivity contribution is -0.176. The van der Waals surface area contributed by atoms with E-state index < -0.39 is 0 Å². The second-order valence-corrected chi connectivity index (χ2v) is 11.0. The summed E-state index contributed by atoms with van der Waals surface area (Å²) in [6.07, 6.45) is 12.9. The van der Waals surface area contributed by atoms with Crippen LogP contribution in [0, 0.1) is 0 Å². The van der Waals surface area contributed by atoms with E-state index >= 15 is 0 Å². The van der Waals surface area contributed by atoms with Crippen molar-refractivity contribution in [2.75, 3.05) is 58.5 Å². The van der Waals surface area contributed by atoms with Gasteiger partial charge in [-0.1, -0.05) is 19.3 Å². The number of likely N-dealkylation sites (N-methyl/N-ethyl adjacent to an activating group) is 1. The molecule has 0 radical (unpaired) electrons. The number of nitrogens with one attached hydrogen (secondary N) is 2. The highest BCUT2D eigenvalue weighted by Gasteiger charge is 2.21. The molecule has 13 heteroatoms. The molecule has 5 rings (SSSR count). The molecule has 0 spiro atoms. The van der Waals surface area contributed by atoms with Crippen molar-refractivity contribution in [1.82, 2.24) is 15.6 Å². The summed E-state index contributed by atoms with van der Waals surface area (Å²) in [6, 6.07) is 4.51. The minimum absolute atomic E-state index is 0.0767. The van der Waals surface area contributed by atoms with Crippen LogP contribution < -0.4 is 25.0 Å². The van der Waals surface area contributed by atoms with Crippen LogP contribution in [0.3, 0.4) is 0 Å². The molecule has 1 aromatic heterocycles. The number of aliphatic imine (C=N–C) groups is 1. The molecule has 1 aliphatic carbocycles. The maximum atomic E-state index is 11.7. The Bertz CT molecular complexity index is 1360. The smallest absolute Gasteiger partial charge is 0.306 e. The maximum absolute atomic E-state index is 11.7. The number of nitrogens with zero attached hydrogens (tertiary/aromatic N) is 3. The van der Waals surface area contributed by atoms with E-state index in [1.54, 1.807) is 13.3 Å². The topological polar surface area (TPSA) is 164 Å². The zero-order chi connectivity index (χ0) is 33.3. The minimum atomic E-state index is -0.202. The van der Waals surface area contributed by atoms with Gasteiger partial charge in [0.05, 0.1) is 49.9 Å². The van der Waals surface area contributed by atoms with Gasteiger partial charge in [-0.2, -0.15) is 0 Å². The standard InChI is InChI=1S/C18H22N2O4.C15H23N3O2.H2O2/c1-4-23-16(21)6-5-12-9-13(22-3)10-14-17(12)19-11-15-18(14)20(2)7-8-24-15;1-16-13(9-17-12-5-3-2-4-6-12)7-8-14-10-18-15(19)11-20-14;1-2/h9-11H,4-8H2,1-3H3;7-8,12,17H,1-6,9-11H2,(H,18,19);1-2H/b;13-7-,14-8+;. The lowest BCUT2D eigenvalue weighted by Crippen LogP contribution is -2.35. The average Bonchev–Trinajstić information content (AvgIpc) is 3.09. The normalized spacial score (nSPS) is 17.2.